The van der Waals surface area contributed by atoms with Gasteiger partial charge in [0.25, 0.3) is 0 Å². The monoisotopic (exact) mass is 173 g/mol. The number of allylic oxidation sites excluding steroid dienone is 1. The van der Waals surface area contributed by atoms with Crippen molar-refractivity contribution in [3.63, 3.8) is 0 Å². The van der Waals surface area contributed by atoms with E-state index in [0.717, 1.165) is 18.8 Å². The second kappa shape index (κ2) is 16.9. The third-order valence-electron chi connectivity index (χ3n) is 1.30. The molecule has 0 aromatic heterocycles. The van der Waals surface area contributed by atoms with Crippen LogP contribution in [0, 0.1) is 0 Å². The summed E-state index contributed by atoms with van der Waals surface area (Å²) >= 11 is 0. The van der Waals surface area contributed by atoms with Gasteiger partial charge in [0.1, 0.15) is 0 Å². The lowest BCUT2D eigenvalue weighted by Crippen LogP contribution is -2.19. The minimum Gasteiger partial charge on any atom is -0.376 e. The Hall–Kier alpha value is -0.460. The van der Waals surface area contributed by atoms with Gasteiger partial charge in [0, 0.05) is 18.8 Å². The van der Waals surface area contributed by atoms with Crippen molar-refractivity contribution in [3.8, 4) is 0 Å². The van der Waals surface area contributed by atoms with Crippen LogP contribution in [0.15, 0.2) is 12.3 Å². The van der Waals surface area contributed by atoms with Crippen LogP contribution in [0.25, 0.3) is 0 Å². The van der Waals surface area contributed by atoms with Crippen molar-refractivity contribution >= 4 is 0 Å². The van der Waals surface area contributed by atoms with Gasteiger partial charge in [-0.15, -0.1) is 0 Å². The van der Waals surface area contributed by atoms with Crippen LogP contribution in [0.1, 0.15) is 48.5 Å². The summed E-state index contributed by atoms with van der Waals surface area (Å²) in [5, 5.41) is 0. The van der Waals surface area contributed by atoms with Crippen molar-refractivity contribution in [2.45, 2.75) is 48.5 Å². The molecule has 0 aliphatic heterocycles. The average molecular weight is 173 g/mol. The van der Waals surface area contributed by atoms with Gasteiger partial charge in [0.2, 0.25) is 0 Å². The maximum atomic E-state index is 3.82. The normalized spacial score (nSPS) is 6.92. The van der Waals surface area contributed by atoms with Crippen molar-refractivity contribution in [1.29, 1.82) is 0 Å². The summed E-state index contributed by atoms with van der Waals surface area (Å²) in [4.78, 5) is 2.22. The third kappa shape index (κ3) is 12.2. The number of hydrogen-bond acceptors (Lipinski definition) is 1. The van der Waals surface area contributed by atoms with Crippen LogP contribution in [-0.2, 0) is 0 Å². The second-order valence-electron chi connectivity index (χ2n) is 1.91. The molecule has 0 radical (unpaired) electrons. The molecule has 0 fully saturated rings. The van der Waals surface area contributed by atoms with Crippen LogP contribution in [0.2, 0.25) is 0 Å². The smallest absolute Gasteiger partial charge is 0.0146 e. The van der Waals surface area contributed by atoms with Gasteiger partial charge >= 0.3 is 0 Å². The standard InChI is InChI=1S/C7H15N.2C2H6/c1-5-8(6-2)7(3)4;2*1-2/h3,5-6H2,1-2,4H3;2*1-2H3. The third-order valence-corrected chi connectivity index (χ3v) is 1.30. The zero-order valence-corrected chi connectivity index (χ0v) is 10.1. The topological polar surface area (TPSA) is 3.24 Å². The first-order valence-corrected chi connectivity index (χ1v) is 5.12. The van der Waals surface area contributed by atoms with E-state index in [2.05, 4.69) is 25.3 Å². The fourth-order valence-corrected chi connectivity index (χ4v) is 0.763. The molecule has 0 amide bonds. The molecule has 0 heterocycles. The summed E-state index contributed by atoms with van der Waals surface area (Å²) in [6, 6.07) is 0. The van der Waals surface area contributed by atoms with Crippen LogP contribution in [0.4, 0.5) is 0 Å². The average Bonchev–Trinajstić information content (AvgIpc) is 2.13. The molecule has 76 valence electrons. The largest absolute Gasteiger partial charge is 0.376 e. The molecule has 0 saturated heterocycles. The Morgan fingerprint density at radius 1 is 1.00 bits per heavy atom. The molecule has 0 rings (SSSR count). The van der Waals surface area contributed by atoms with Crippen LogP contribution in [0.5, 0.6) is 0 Å². The van der Waals surface area contributed by atoms with E-state index in [-0.39, 0.29) is 0 Å². The second-order valence-corrected chi connectivity index (χ2v) is 1.91. The van der Waals surface area contributed by atoms with Crippen LogP contribution in [0.3, 0.4) is 0 Å². The van der Waals surface area contributed by atoms with Crippen molar-refractivity contribution in [1.82, 2.24) is 4.90 Å². The lowest BCUT2D eigenvalue weighted by Gasteiger charge is -2.19. The van der Waals surface area contributed by atoms with E-state index in [1.165, 1.54) is 0 Å². The van der Waals surface area contributed by atoms with E-state index in [1.807, 2.05) is 34.6 Å². The molecular weight excluding hydrogens is 146 g/mol. The summed E-state index contributed by atoms with van der Waals surface area (Å²) in [6.45, 7) is 20.3. The number of rotatable bonds is 3. The molecule has 1 heteroatoms. The molecule has 0 bridgehead atoms. The lowest BCUT2D eigenvalue weighted by molar-refractivity contribution is 0.385. The van der Waals surface area contributed by atoms with Crippen molar-refractivity contribution in [2.75, 3.05) is 13.1 Å². The van der Waals surface area contributed by atoms with Crippen molar-refractivity contribution in [2.24, 2.45) is 0 Å². The Labute approximate surface area is 79.5 Å². The zero-order valence-electron chi connectivity index (χ0n) is 10.1. The molecule has 0 spiro atoms. The van der Waals surface area contributed by atoms with Crippen LogP contribution in [-0.4, -0.2) is 18.0 Å². The van der Waals surface area contributed by atoms with Gasteiger partial charge in [-0.2, -0.15) is 0 Å². The summed E-state index contributed by atoms with van der Waals surface area (Å²) in [5.74, 6) is 0. The maximum absolute atomic E-state index is 3.82. The molecule has 0 unspecified atom stereocenters. The molecule has 1 nitrogen and oxygen atoms in total. The van der Waals surface area contributed by atoms with E-state index < -0.39 is 0 Å². The van der Waals surface area contributed by atoms with Gasteiger partial charge in [-0.25, -0.2) is 0 Å². The molecule has 0 aromatic rings. The SMILES string of the molecule is C=C(C)N(CC)CC.CC.CC. The van der Waals surface area contributed by atoms with E-state index in [0.29, 0.717) is 0 Å². The van der Waals surface area contributed by atoms with Crippen molar-refractivity contribution in [3.05, 3.63) is 12.3 Å². The minimum atomic E-state index is 1.08. The fourth-order valence-electron chi connectivity index (χ4n) is 0.763. The fraction of sp³-hybridized carbons (Fsp3) is 0.818. The Bertz CT molecular complexity index is 73.1. The Kier molecular flexibility index (Phi) is 24.7. The van der Waals surface area contributed by atoms with Gasteiger partial charge in [-0.05, 0) is 20.8 Å². The molecule has 0 aliphatic carbocycles. The highest BCUT2D eigenvalue weighted by Crippen LogP contribution is 1.96. The maximum Gasteiger partial charge on any atom is 0.0146 e. The predicted molar refractivity (Wildman–Crippen MR) is 60.4 cm³/mol. The first-order chi connectivity index (χ1) is 5.72. The molecule has 0 aromatic carbocycles. The number of hydrogen-bond donors (Lipinski definition) is 0. The van der Waals surface area contributed by atoms with E-state index in [4.69, 9.17) is 0 Å². The minimum absolute atomic E-state index is 1.08. The summed E-state index contributed by atoms with van der Waals surface area (Å²) < 4.78 is 0. The molecule has 0 saturated carbocycles. The molecule has 12 heavy (non-hydrogen) atoms. The molecular formula is C11H27N. The first kappa shape index (κ1) is 17.6. The van der Waals surface area contributed by atoms with Crippen LogP contribution >= 0.6 is 0 Å². The molecule has 0 aliphatic rings. The lowest BCUT2D eigenvalue weighted by atomic mass is 10.4. The highest BCUT2D eigenvalue weighted by Gasteiger charge is 1.92. The number of nitrogens with zero attached hydrogens (tertiary/aromatic N) is 1. The van der Waals surface area contributed by atoms with E-state index in [1.54, 1.807) is 0 Å². The van der Waals surface area contributed by atoms with Crippen molar-refractivity contribution < 1.29 is 0 Å². The van der Waals surface area contributed by atoms with E-state index in [9.17, 15) is 0 Å². The van der Waals surface area contributed by atoms with E-state index >= 15 is 0 Å². The van der Waals surface area contributed by atoms with Gasteiger partial charge in [-0.1, -0.05) is 34.3 Å². The highest BCUT2D eigenvalue weighted by molar-refractivity contribution is 4.86. The van der Waals surface area contributed by atoms with Gasteiger partial charge in [0.15, 0.2) is 0 Å². The van der Waals surface area contributed by atoms with Gasteiger partial charge in [0.05, 0.1) is 0 Å². The predicted octanol–water partition coefficient (Wildman–Crippen LogP) is 3.91. The molecule has 0 N–H and O–H groups in total. The van der Waals surface area contributed by atoms with Crippen LogP contribution < -0.4 is 0 Å². The molecule has 0 atom stereocenters. The summed E-state index contributed by atoms with van der Waals surface area (Å²) in [6.07, 6.45) is 0. The Morgan fingerprint density at radius 3 is 1.25 bits per heavy atom. The summed E-state index contributed by atoms with van der Waals surface area (Å²) in [7, 11) is 0. The Balaban J connectivity index is -0.000000175. The zero-order chi connectivity index (χ0) is 10.6. The van der Waals surface area contributed by atoms with Gasteiger partial charge in [-0.3, -0.25) is 0 Å². The quantitative estimate of drug-likeness (QED) is 0.625. The highest BCUT2D eigenvalue weighted by atomic mass is 15.1. The summed E-state index contributed by atoms with van der Waals surface area (Å²) in [5.41, 5.74) is 1.16. The van der Waals surface area contributed by atoms with Gasteiger partial charge < -0.3 is 4.90 Å². The first-order valence-electron chi connectivity index (χ1n) is 5.12. The Morgan fingerprint density at radius 2 is 1.25 bits per heavy atom.